The van der Waals surface area contributed by atoms with Crippen LogP contribution in [0.25, 0.3) is 0 Å². The SMILES string of the molecule is CCC(C)(C)C(O)c1cc(F)ccc1OC. The quantitative estimate of drug-likeness (QED) is 0.853. The average molecular weight is 226 g/mol. The van der Waals surface area contributed by atoms with Gasteiger partial charge in [-0.2, -0.15) is 0 Å². The van der Waals surface area contributed by atoms with Crippen molar-refractivity contribution < 1.29 is 14.2 Å². The van der Waals surface area contributed by atoms with Crippen LogP contribution in [0.1, 0.15) is 38.9 Å². The first kappa shape index (κ1) is 13.0. The van der Waals surface area contributed by atoms with E-state index in [1.54, 1.807) is 6.07 Å². The van der Waals surface area contributed by atoms with Gasteiger partial charge in [0.2, 0.25) is 0 Å². The van der Waals surface area contributed by atoms with Crippen molar-refractivity contribution in [2.75, 3.05) is 7.11 Å². The third-order valence-corrected chi connectivity index (χ3v) is 3.14. The highest BCUT2D eigenvalue weighted by Crippen LogP contribution is 2.39. The van der Waals surface area contributed by atoms with Gasteiger partial charge in [-0.1, -0.05) is 20.8 Å². The summed E-state index contributed by atoms with van der Waals surface area (Å²) in [4.78, 5) is 0. The maximum atomic E-state index is 13.2. The number of halogens is 1. The molecule has 1 unspecified atom stereocenters. The normalized spacial score (nSPS) is 13.6. The molecule has 0 spiro atoms. The van der Waals surface area contributed by atoms with E-state index >= 15 is 0 Å². The highest BCUT2D eigenvalue weighted by molar-refractivity contribution is 5.36. The molecule has 0 heterocycles. The van der Waals surface area contributed by atoms with Crippen LogP contribution in [-0.4, -0.2) is 12.2 Å². The molecule has 16 heavy (non-hydrogen) atoms. The molecule has 90 valence electrons. The Labute approximate surface area is 96.1 Å². The molecular formula is C13H19FO2. The molecular weight excluding hydrogens is 207 g/mol. The molecule has 2 nitrogen and oxygen atoms in total. The summed E-state index contributed by atoms with van der Waals surface area (Å²) in [5.41, 5.74) is 0.204. The fourth-order valence-corrected chi connectivity index (χ4v) is 1.53. The van der Waals surface area contributed by atoms with E-state index in [9.17, 15) is 9.50 Å². The predicted molar refractivity (Wildman–Crippen MR) is 62.0 cm³/mol. The van der Waals surface area contributed by atoms with E-state index in [-0.39, 0.29) is 11.2 Å². The standard InChI is InChI=1S/C13H19FO2/c1-5-13(2,3)12(15)10-8-9(14)6-7-11(10)16-4/h6-8,12,15H,5H2,1-4H3. The van der Waals surface area contributed by atoms with Crippen molar-refractivity contribution in [1.29, 1.82) is 0 Å². The van der Waals surface area contributed by atoms with Gasteiger partial charge in [0.05, 0.1) is 13.2 Å². The summed E-state index contributed by atoms with van der Waals surface area (Å²) >= 11 is 0. The Morgan fingerprint density at radius 3 is 2.56 bits per heavy atom. The lowest BCUT2D eigenvalue weighted by Gasteiger charge is -2.30. The highest BCUT2D eigenvalue weighted by atomic mass is 19.1. The van der Waals surface area contributed by atoms with Gasteiger partial charge in [-0.3, -0.25) is 0 Å². The molecule has 0 aromatic heterocycles. The molecule has 0 saturated heterocycles. The Kier molecular flexibility index (Phi) is 3.92. The average Bonchev–Trinajstić information content (AvgIpc) is 2.28. The largest absolute Gasteiger partial charge is 0.496 e. The second kappa shape index (κ2) is 4.83. The van der Waals surface area contributed by atoms with Crippen molar-refractivity contribution in [3.63, 3.8) is 0 Å². The fourth-order valence-electron chi connectivity index (χ4n) is 1.53. The van der Waals surface area contributed by atoms with Gasteiger partial charge in [0.25, 0.3) is 0 Å². The smallest absolute Gasteiger partial charge is 0.124 e. The lowest BCUT2D eigenvalue weighted by molar-refractivity contribution is 0.0443. The number of hydrogen-bond donors (Lipinski definition) is 1. The van der Waals surface area contributed by atoms with Crippen LogP contribution >= 0.6 is 0 Å². The Balaban J connectivity index is 3.16. The van der Waals surface area contributed by atoms with Gasteiger partial charge in [0.1, 0.15) is 11.6 Å². The molecule has 0 saturated carbocycles. The molecule has 0 radical (unpaired) electrons. The molecule has 1 aromatic rings. The number of benzene rings is 1. The Bertz CT molecular complexity index is 361. The number of aliphatic hydroxyl groups excluding tert-OH is 1. The van der Waals surface area contributed by atoms with E-state index in [0.29, 0.717) is 11.3 Å². The molecule has 0 aliphatic carbocycles. The van der Waals surface area contributed by atoms with Crippen molar-refractivity contribution in [3.8, 4) is 5.75 Å². The van der Waals surface area contributed by atoms with Crippen LogP contribution in [0.3, 0.4) is 0 Å². The van der Waals surface area contributed by atoms with Gasteiger partial charge < -0.3 is 9.84 Å². The lowest BCUT2D eigenvalue weighted by Crippen LogP contribution is -2.21. The number of aliphatic hydroxyl groups is 1. The highest BCUT2D eigenvalue weighted by Gasteiger charge is 2.29. The van der Waals surface area contributed by atoms with Crippen molar-refractivity contribution in [2.24, 2.45) is 5.41 Å². The minimum absolute atomic E-state index is 0.304. The molecule has 0 amide bonds. The Hall–Kier alpha value is -1.09. The van der Waals surface area contributed by atoms with E-state index in [2.05, 4.69) is 0 Å². The Morgan fingerprint density at radius 2 is 2.06 bits per heavy atom. The van der Waals surface area contributed by atoms with Crippen molar-refractivity contribution in [1.82, 2.24) is 0 Å². The minimum Gasteiger partial charge on any atom is -0.496 e. The number of hydrogen-bond acceptors (Lipinski definition) is 2. The second-order valence-corrected chi connectivity index (χ2v) is 4.63. The first-order chi connectivity index (χ1) is 7.42. The molecule has 0 bridgehead atoms. The van der Waals surface area contributed by atoms with Gasteiger partial charge in [-0.15, -0.1) is 0 Å². The topological polar surface area (TPSA) is 29.5 Å². The van der Waals surface area contributed by atoms with Gasteiger partial charge in [-0.05, 0) is 30.0 Å². The molecule has 1 rings (SSSR count). The third-order valence-electron chi connectivity index (χ3n) is 3.14. The molecule has 1 atom stereocenters. The van der Waals surface area contributed by atoms with Crippen LogP contribution in [0, 0.1) is 11.2 Å². The molecule has 3 heteroatoms. The monoisotopic (exact) mass is 226 g/mol. The minimum atomic E-state index is -0.733. The van der Waals surface area contributed by atoms with Crippen molar-refractivity contribution in [2.45, 2.75) is 33.3 Å². The second-order valence-electron chi connectivity index (χ2n) is 4.63. The van der Waals surface area contributed by atoms with E-state index < -0.39 is 6.10 Å². The van der Waals surface area contributed by atoms with Crippen molar-refractivity contribution in [3.05, 3.63) is 29.6 Å². The maximum absolute atomic E-state index is 13.2. The zero-order valence-corrected chi connectivity index (χ0v) is 10.2. The summed E-state index contributed by atoms with van der Waals surface area (Å²) in [5.74, 6) is 0.164. The number of ether oxygens (including phenoxy) is 1. The van der Waals surface area contributed by atoms with Crippen LogP contribution in [0.15, 0.2) is 18.2 Å². The molecule has 0 aliphatic rings. The molecule has 1 aromatic carbocycles. The zero-order chi connectivity index (χ0) is 12.3. The van der Waals surface area contributed by atoms with E-state index in [1.807, 2.05) is 20.8 Å². The van der Waals surface area contributed by atoms with Gasteiger partial charge in [0, 0.05) is 5.56 Å². The van der Waals surface area contributed by atoms with E-state index in [1.165, 1.54) is 19.2 Å². The van der Waals surface area contributed by atoms with Crippen LogP contribution in [0.4, 0.5) is 4.39 Å². The number of methoxy groups -OCH3 is 1. The third kappa shape index (κ3) is 2.53. The summed E-state index contributed by atoms with van der Waals surface area (Å²) < 4.78 is 18.3. The summed E-state index contributed by atoms with van der Waals surface area (Å²) in [6.07, 6.45) is 0.0662. The molecule has 1 N–H and O–H groups in total. The fraction of sp³-hybridized carbons (Fsp3) is 0.538. The van der Waals surface area contributed by atoms with Crippen LogP contribution in [-0.2, 0) is 0 Å². The summed E-state index contributed by atoms with van der Waals surface area (Å²) in [6, 6.07) is 4.20. The number of rotatable bonds is 4. The van der Waals surface area contributed by atoms with Gasteiger partial charge >= 0.3 is 0 Å². The van der Waals surface area contributed by atoms with Crippen LogP contribution < -0.4 is 4.74 Å². The van der Waals surface area contributed by atoms with Gasteiger partial charge in [-0.25, -0.2) is 4.39 Å². The summed E-state index contributed by atoms with van der Waals surface area (Å²) in [5, 5.41) is 10.2. The molecule has 0 fully saturated rings. The molecule has 0 aliphatic heterocycles. The first-order valence-electron chi connectivity index (χ1n) is 5.44. The van der Waals surface area contributed by atoms with E-state index in [4.69, 9.17) is 4.74 Å². The Morgan fingerprint density at radius 1 is 1.44 bits per heavy atom. The van der Waals surface area contributed by atoms with Crippen LogP contribution in [0.2, 0.25) is 0 Å². The van der Waals surface area contributed by atoms with Gasteiger partial charge in [0.15, 0.2) is 0 Å². The van der Waals surface area contributed by atoms with Crippen molar-refractivity contribution >= 4 is 0 Å². The maximum Gasteiger partial charge on any atom is 0.124 e. The lowest BCUT2D eigenvalue weighted by atomic mass is 9.80. The van der Waals surface area contributed by atoms with Crippen LogP contribution in [0.5, 0.6) is 5.75 Å². The summed E-state index contributed by atoms with van der Waals surface area (Å²) in [6.45, 7) is 5.89. The first-order valence-corrected chi connectivity index (χ1v) is 5.44. The predicted octanol–water partition coefficient (Wildman–Crippen LogP) is 3.30. The van der Waals surface area contributed by atoms with E-state index in [0.717, 1.165) is 6.42 Å². The zero-order valence-electron chi connectivity index (χ0n) is 10.2. The summed E-state index contributed by atoms with van der Waals surface area (Å²) in [7, 11) is 1.52.